The third-order valence-electron chi connectivity index (χ3n) is 3.66. The van der Waals surface area contributed by atoms with Crippen LogP contribution in [0.1, 0.15) is 50.2 Å². The lowest BCUT2D eigenvalue weighted by atomic mass is 10.1. The number of carbonyl (C=O) groups excluding carboxylic acids is 2. The molecule has 0 aliphatic heterocycles. The van der Waals surface area contributed by atoms with Crippen LogP contribution in [-0.4, -0.2) is 16.7 Å². The van der Waals surface area contributed by atoms with E-state index in [9.17, 15) is 9.59 Å². The molecule has 2 aromatic rings. The Balaban J connectivity index is 2.37. The van der Waals surface area contributed by atoms with Gasteiger partial charge in [0, 0.05) is 18.3 Å². The standard InChI is InChI=1S/C17H20N2O2/c1-9-6-7-10(2)14(8-9)19-17(21)15-11(3)16(13(5)20)18-12(15)4/h6-8,18H,1-5H3,(H,19,21). The fourth-order valence-corrected chi connectivity index (χ4v) is 2.50. The van der Waals surface area contributed by atoms with Gasteiger partial charge in [-0.15, -0.1) is 0 Å². The molecule has 4 heteroatoms. The van der Waals surface area contributed by atoms with Crippen molar-refractivity contribution >= 4 is 17.4 Å². The second kappa shape index (κ2) is 5.56. The van der Waals surface area contributed by atoms with Crippen molar-refractivity contribution in [2.24, 2.45) is 0 Å². The third kappa shape index (κ3) is 2.89. The quantitative estimate of drug-likeness (QED) is 0.844. The number of anilines is 1. The van der Waals surface area contributed by atoms with Crippen LogP contribution in [-0.2, 0) is 0 Å². The molecule has 0 saturated heterocycles. The Kier molecular flexibility index (Phi) is 3.98. The Hall–Kier alpha value is -2.36. The normalized spacial score (nSPS) is 10.5. The Morgan fingerprint density at radius 2 is 1.76 bits per heavy atom. The summed E-state index contributed by atoms with van der Waals surface area (Å²) in [7, 11) is 0. The number of hydrogen-bond donors (Lipinski definition) is 2. The maximum atomic E-state index is 12.5. The fourth-order valence-electron chi connectivity index (χ4n) is 2.50. The summed E-state index contributed by atoms with van der Waals surface area (Å²) in [5, 5.41) is 2.93. The number of H-pyrrole nitrogens is 1. The van der Waals surface area contributed by atoms with Gasteiger partial charge in [0.2, 0.25) is 0 Å². The molecule has 0 saturated carbocycles. The van der Waals surface area contributed by atoms with Crippen molar-refractivity contribution in [3.63, 3.8) is 0 Å². The fraction of sp³-hybridized carbons (Fsp3) is 0.294. The highest BCUT2D eigenvalue weighted by molar-refractivity contribution is 6.09. The highest BCUT2D eigenvalue weighted by Gasteiger charge is 2.20. The molecule has 1 heterocycles. The van der Waals surface area contributed by atoms with Crippen LogP contribution in [0.5, 0.6) is 0 Å². The summed E-state index contributed by atoms with van der Waals surface area (Å²) in [6, 6.07) is 5.92. The SMILES string of the molecule is CC(=O)c1[nH]c(C)c(C(=O)Nc2cc(C)ccc2C)c1C. The molecule has 2 N–H and O–H groups in total. The van der Waals surface area contributed by atoms with Crippen LogP contribution in [0.4, 0.5) is 5.69 Å². The van der Waals surface area contributed by atoms with Crippen molar-refractivity contribution < 1.29 is 9.59 Å². The number of rotatable bonds is 3. The van der Waals surface area contributed by atoms with Crippen molar-refractivity contribution in [2.45, 2.75) is 34.6 Å². The van der Waals surface area contributed by atoms with Gasteiger partial charge in [-0.1, -0.05) is 12.1 Å². The molecule has 0 radical (unpaired) electrons. The Morgan fingerprint density at radius 3 is 2.33 bits per heavy atom. The van der Waals surface area contributed by atoms with Gasteiger partial charge < -0.3 is 10.3 Å². The molecule has 1 amide bonds. The molecule has 4 nitrogen and oxygen atoms in total. The first kappa shape index (κ1) is 15.0. The molecule has 110 valence electrons. The van der Waals surface area contributed by atoms with E-state index in [0.717, 1.165) is 16.8 Å². The number of benzene rings is 1. The van der Waals surface area contributed by atoms with E-state index in [1.54, 1.807) is 13.8 Å². The number of ketones is 1. The Bertz CT molecular complexity index is 727. The Morgan fingerprint density at radius 1 is 1.10 bits per heavy atom. The zero-order valence-corrected chi connectivity index (χ0v) is 13.0. The van der Waals surface area contributed by atoms with Crippen LogP contribution in [0, 0.1) is 27.7 Å². The minimum atomic E-state index is -0.192. The van der Waals surface area contributed by atoms with Gasteiger partial charge in [-0.05, 0) is 50.5 Å². The predicted molar refractivity (Wildman–Crippen MR) is 84.1 cm³/mol. The minimum Gasteiger partial charge on any atom is -0.355 e. The zero-order chi connectivity index (χ0) is 15.7. The number of aromatic nitrogens is 1. The number of amides is 1. The van der Waals surface area contributed by atoms with Crippen LogP contribution >= 0.6 is 0 Å². The number of aryl methyl sites for hydroxylation is 3. The number of Topliss-reactive ketones (excluding diaryl/α,β-unsaturated/α-hetero) is 1. The van der Waals surface area contributed by atoms with Crippen molar-refractivity contribution in [1.29, 1.82) is 0 Å². The lowest BCUT2D eigenvalue weighted by Crippen LogP contribution is -2.14. The van der Waals surface area contributed by atoms with Crippen molar-refractivity contribution in [3.05, 3.63) is 51.8 Å². The Labute approximate surface area is 124 Å². The molecule has 0 aliphatic carbocycles. The van der Waals surface area contributed by atoms with E-state index in [2.05, 4.69) is 10.3 Å². The van der Waals surface area contributed by atoms with Gasteiger partial charge in [0.1, 0.15) is 0 Å². The van der Waals surface area contributed by atoms with Crippen LogP contribution in [0.2, 0.25) is 0 Å². The molecule has 0 aliphatic rings. The maximum Gasteiger partial charge on any atom is 0.257 e. The molecule has 1 aromatic heterocycles. The molecule has 0 spiro atoms. The highest BCUT2D eigenvalue weighted by Crippen LogP contribution is 2.22. The predicted octanol–water partition coefficient (Wildman–Crippen LogP) is 3.70. The number of aromatic amines is 1. The van der Waals surface area contributed by atoms with Crippen LogP contribution in [0.3, 0.4) is 0 Å². The van der Waals surface area contributed by atoms with E-state index < -0.39 is 0 Å². The van der Waals surface area contributed by atoms with E-state index in [4.69, 9.17) is 0 Å². The second-order valence-electron chi connectivity index (χ2n) is 5.45. The molecule has 0 atom stereocenters. The number of hydrogen-bond acceptors (Lipinski definition) is 2. The second-order valence-corrected chi connectivity index (χ2v) is 5.45. The minimum absolute atomic E-state index is 0.0682. The van der Waals surface area contributed by atoms with E-state index in [1.807, 2.05) is 32.0 Å². The summed E-state index contributed by atoms with van der Waals surface area (Å²) in [4.78, 5) is 27.1. The van der Waals surface area contributed by atoms with Gasteiger partial charge in [0.15, 0.2) is 5.78 Å². The molecule has 1 aromatic carbocycles. The van der Waals surface area contributed by atoms with Crippen molar-refractivity contribution in [2.75, 3.05) is 5.32 Å². The summed E-state index contributed by atoms with van der Waals surface area (Å²) < 4.78 is 0. The number of nitrogens with one attached hydrogen (secondary N) is 2. The van der Waals surface area contributed by atoms with E-state index in [0.29, 0.717) is 22.5 Å². The average Bonchev–Trinajstić information content (AvgIpc) is 2.69. The molecular weight excluding hydrogens is 264 g/mol. The van der Waals surface area contributed by atoms with Crippen molar-refractivity contribution in [3.8, 4) is 0 Å². The van der Waals surface area contributed by atoms with Crippen LogP contribution < -0.4 is 5.32 Å². The summed E-state index contributed by atoms with van der Waals surface area (Å²) in [6.45, 7) is 9.02. The molecule has 0 unspecified atom stereocenters. The lowest BCUT2D eigenvalue weighted by Gasteiger charge is -2.10. The summed E-state index contributed by atoms with van der Waals surface area (Å²) in [5.41, 5.74) is 5.34. The lowest BCUT2D eigenvalue weighted by molar-refractivity contribution is 0.101. The monoisotopic (exact) mass is 284 g/mol. The van der Waals surface area contributed by atoms with Crippen LogP contribution in [0.15, 0.2) is 18.2 Å². The topological polar surface area (TPSA) is 62.0 Å². The van der Waals surface area contributed by atoms with Crippen molar-refractivity contribution in [1.82, 2.24) is 4.98 Å². The average molecular weight is 284 g/mol. The first-order valence-corrected chi connectivity index (χ1v) is 6.90. The largest absolute Gasteiger partial charge is 0.355 e. The van der Waals surface area contributed by atoms with E-state index >= 15 is 0 Å². The van der Waals surface area contributed by atoms with E-state index in [1.165, 1.54) is 6.92 Å². The summed E-state index contributed by atoms with van der Waals surface area (Å²) in [5.74, 6) is -0.260. The molecule has 21 heavy (non-hydrogen) atoms. The molecule has 0 fully saturated rings. The zero-order valence-electron chi connectivity index (χ0n) is 13.0. The maximum absolute atomic E-state index is 12.5. The van der Waals surface area contributed by atoms with E-state index in [-0.39, 0.29) is 11.7 Å². The number of carbonyl (C=O) groups is 2. The van der Waals surface area contributed by atoms with Gasteiger partial charge in [0.05, 0.1) is 11.3 Å². The summed E-state index contributed by atoms with van der Waals surface area (Å²) in [6.07, 6.45) is 0. The first-order chi connectivity index (χ1) is 9.81. The van der Waals surface area contributed by atoms with Gasteiger partial charge in [-0.2, -0.15) is 0 Å². The van der Waals surface area contributed by atoms with Gasteiger partial charge >= 0.3 is 0 Å². The molecule has 0 bridgehead atoms. The van der Waals surface area contributed by atoms with Crippen LogP contribution in [0.25, 0.3) is 0 Å². The first-order valence-electron chi connectivity index (χ1n) is 6.90. The third-order valence-corrected chi connectivity index (χ3v) is 3.66. The summed E-state index contributed by atoms with van der Waals surface area (Å²) >= 11 is 0. The molecule has 2 rings (SSSR count). The van der Waals surface area contributed by atoms with Gasteiger partial charge in [0.25, 0.3) is 5.91 Å². The molecular formula is C17H20N2O2. The van der Waals surface area contributed by atoms with Gasteiger partial charge in [-0.3, -0.25) is 9.59 Å². The smallest absolute Gasteiger partial charge is 0.257 e. The van der Waals surface area contributed by atoms with Gasteiger partial charge in [-0.25, -0.2) is 0 Å². The highest BCUT2D eigenvalue weighted by atomic mass is 16.1.